The normalized spacial score (nSPS) is 51.1. The number of hydrogen-bond acceptors (Lipinski definition) is 14. The largest absolute Gasteiger partial charge is 0.458 e. The minimum atomic E-state index is -1.21. The molecule has 4 saturated carbocycles. The number of ether oxygens (including phenoxy) is 9. The summed E-state index contributed by atoms with van der Waals surface area (Å²) in [7, 11) is 3.04. The highest BCUT2D eigenvalue weighted by atomic mass is 16.7. The van der Waals surface area contributed by atoms with Crippen molar-refractivity contribution in [3.05, 3.63) is 11.6 Å². The molecule has 0 amide bonds. The Balaban J connectivity index is 1.10. The molecule has 3 heterocycles. The molecule has 3 aliphatic heterocycles. The van der Waals surface area contributed by atoms with E-state index in [0.29, 0.717) is 24.8 Å². The summed E-state index contributed by atoms with van der Waals surface area (Å²) in [5.41, 5.74) is -2.04. The van der Waals surface area contributed by atoms with E-state index in [4.69, 9.17) is 42.6 Å². The molecule has 0 aromatic heterocycles. The molecule has 15 unspecified atom stereocenters. The van der Waals surface area contributed by atoms with Crippen LogP contribution in [0.15, 0.2) is 11.6 Å². The molecule has 0 aromatic carbocycles. The Labute approximate surface area is 330 Å². The number of esters is 2. The predicted molar refractivity (Wildman–Crippen MR) is 198 cm³/mol. The Hall–Kier alpha value is -2.01. The number of aliphatic hydroxyl groups is 2. The number of epoxide rings is 1. The summed E-state index contributed by atoms with van der Waals surface area (Å²) in [6.07, 6.45) is -1.32. The first-order chi connectivity index (χ1) is 26.4. The van der Waals surface area contributed by atoms with Crippen LogP contribution in [-0.4, -0.2) is 127 Å². The Bertz CT molecular complexity index is 1550. The van der Waals surface area contributed by atoms with Crippen molar-refractivity contribution < 1.29 is 67.2 Å². The topological polar surface area (TPSA) is 178 Å². The highest BCUT2D eigenvalue weighted by Gasteiger charge is 2.91. The maximum Gasteiger partial charge on any atom is 0.333 e. The third kappa shape index (κ3) is 6.34. The average molecular weight is 793 g/mol. The van der Waals surface area contributed by atoms with Gasteiger partial charge in [0.25, 0.3) is 0 Å². The van der Waals surface area contributed by atoms with E-state index < -0.39 is 102 Å². The van der Waals surface area contributed by atoms with Crippen molar-refractivity contribution in [2.45, 2.75) is 192 Å². The minimum absolute atomic E-state index is 0.0276. The van der Waals surface area contributed by atoms with Gasteiger partial charge in [0.2, 0.25) is 0 Å². The van der Waals surface area contributed by atoms with Crippen molar-refractivity contribution >= 4 is 17.7 Å². The van der Waals surface area contributed by atoms with E-state index in [0.717, 1.165) is 32.1 Å². The van der Waals surface area contributed by atoms with Crippen LogP contribution < -0.4 is 0 Å². The summed E-state index contributed by atoms with van der Waals surface area (Å²) >= 11 is 0. The van der Waals surface area contributed by atoms with Crippen LogP contribution in [0.1, 0.15) is 107 Å². The fraction of sp³-hybridized carbons (Fsp3) is 0.881. The molecule has 19 atom stereocenters. The fourth-order valence-electron chi connectivity index (χ4n) is 12.6. The van der Waals surface area contributed by atoms with Crippen LogP contribution in [-0.2, 0) is 57.0 Å². The highest BCUT2D eigenvalue weighted by Crippen LogP contribution is 2.81. The van der Waals surface area contributed by atoms with Crippen LogP contribution in [0.5, 0.6) is 0 Å². The number of rotatable bonds is 10. The Kier molecular flexibility index (Phi) is 11.5. The highest BCUT2D eigenvalue weighted by molar-refractivity contribution is 5.88. The lowest BCUT2D eigenvalue weighted by molar-refractivity contribution is -0.343. The standard InChI is InChI=1S/C42H64O14/c1-11-20(2)37(47)54-34-35-39(7)15-13-26(53-29-19-28(48-9)32(23(5)50-29)55-38-31(46)33(49-10)30(45)22(4)51-38)18-25(39)12-16-41(35)42(56-41)17-14-27(21(3)43)40(42,8)36(34)52-24(6)44/h11,22-23,25-36,38,45-46H,12-19H2,1-10H3/t22?,23?,25?,26?,27?,28?,29?,30?,31?,32?,33?,34?,35?,36?,38?,39-,40-,41-,42+/m0/s1. The molecule has 316 valence electrons. The molecule has 0 radical (unpaired) electrons. The molecule has 14 nitrogen and oxygen atoms in total. The monoisotopic (exact) mass is 792 g/mol. The van der Waals surface area contributed by atoms with Crippen LogP contribution in [0.25, 0.3) is 0 Å². The van der Waals surface area contributed by atoms with Crippen molar-refractivity contribution in [3.8, 4) is 0 Å². The van der Waals surface area contributed by atoms with E-state index in [-0.39, 0.29) is 29.1 Å². The summed E-state index contributed by atoms with van der Waals surface area (Å²) in [6, 6.07) is 0. The van der Waals surface area contributed by atoms with E-state index in [9.17, 15) is 24.6 Å². The van der Waals surface area contributed by atoms with Gasteiger partial charge in [-0.05, 0) is 90.9 Å². The van der Waals surface area contributed by atoms with Gasteiger partial charge >= 0.3 is 11.9 Å². The fourth-order valence-corrected chi connectivity index (χ4v) is 12.6. The summed E-state index contributed by atoms with van der Waals surface area (Å²) in [4.78, 5) is 39.8. The van der Waals surface area contributed by atoms with Gasteiger partial charge in [-0.3, -0.25) is 9.59 Å². The molecule has 2 spiro atoms. The zero-order valence-electron chi connectivity index (χ0n) is 34.7. The van der Waals surface area contributed by atoms with Gasteiger partial charge in [0.1, 0.15) is 53.6 Å². The molecule has 0 aromatic rings. The molecule has 2 N–H and O–H groups in total. The van der Waals surface area contributed by atoms with E-state index in [1.165, 1.54) is 14.0 Å². The molecule has 4 aliphatic carbocycles. The van der Waals surface area contributed by atoms with Crippen molar-refractivity contribution in [1.82, 2.24) is 0 Å². The number of carbonyl (C=O) groups is 3. The molecule has 0 bridgehead atoms. The number of hydrogen-bond donors (Lipinski definition) is 2. The average Bonchev–Trinajstić information content (AvgIpc) is 3.70. The molecule has 7 rings (SSSR count). The zero-order valence-corrected chi connectivity index (χ0v) is 34.7. The van der Waals surface area contributed by atoms with Crippen molar-refractivity contribution in [2.75, 3.05) is 14.2 Å². The smallest absolute Gasteiger partial charge is 0.333 e. The SMILES string of the molecule is CC=C(C)C(=O)OC1C(OC(C)=O)[C@]2(C)C(C(C)=O)CC[C@@]23O[C@]32CCC3CC(OC4CC(OC)C(OC5OC(C)C(O)C(OC)C5O)C(C)O4)CC[C@]3(C)C12. The Morgan fingerprint density at radius 3 is 2.18 bits per heavy atom. The molecular weight excluding hydrogens is 728 g/mol. The quantitative estimate of drug-likeness (QED) is 0.141. The van der Waals surface area contributed by atoms with Crippen LogP contribution in [0.3, 0.4) is 0 Å². The van der Waals surface area contributed by atoms with Crippen molar-refractivity contribution in [2.24, 2.45) is 28.6 Å². The number of ketones is 1. The Morgan fingerprint density at radius 2 is 1.54 bits per heavy atom. The van der Waals surface area contributed by atoms with Crippen LogP contribution >= 0.6 is 0 Å². The van der Waals surface area contributed by atoms with E-state index in [2.05, 4.69) is 6.92 Å². The van der Waals surface area contributed by atoms with Crippen LogP contribution in [0.4, 0.5) is 0 Å². The third-order valence-electron chi connectivity index (χ3n) is 15.6. The lowest BCUT2D eigenvalue weighted by Gasteiger charge is -2.61. The molecule has 7 aliphatic rings. The van der Waals surface area contributed by atoms with Gasteiger partial charge in [0, 0.05) is 50.4 Å². The van der Waals surface area contributed by atoms with Gasteiger partial charge in [0.15, 0.2) is 12.6 Å². The summed E-state index contributed by atoms with van der Waals surface area (Å²) < 4.78 is 56.4. The number of carbonyl (C=O) groups excluding carboxylic acids is 3. The van der Waals surface area contributed by atoms with Gasteiger partial charge in [-0.2, -0.15) is 0 Å². The molecule has 3 saturated heterocycles. The molecule has 14 heteroatoms. The molecular formula is C42H64O14. The summed E-state index contributed by atoms with van der Waals surface area (Å²) in [6.45, 7) is 14.4. The summed E-state index contributed by atoms with van der Waals surface area (Å²) in [5, 5.41) is 21.3. The second-order valence-electron chi connectivity index (χ2n) is 18.2. The number of allylic oxidation sites excluding steroid dienone is 1. The maximum absolute atomic E-state index is 13.7. The second-order valence-corrected chi connectivity index (χ2v) is 18.2. The van der Waals surface area contributed by atoms with Gasteiger partial charge < -0.3 is 52.8 Å². The second kappa shape index (κ2) is 15.2. The molecule has 7 fully saturated rings. The maximum atomic E-state index is 13.7. The number of aliphatic hydroxyl groups excluding tert-OH is 2. The van der Waals surface area contributed by atoms with Gasteiger partial charge in [0.05, 0.1) is 24.4 Å². The van der Waals surface area contributed by atoms with E-state index >= 15 is 0 Å². The number of fused-ring (bicyclic) bond motifs is 2. The summed E-state index contributed by atoms with van der Waals surface area (Å²) in [5.74, 6) is -1.41. The lowest BCUT2D eigenvalue weighted by Crippen LogP contribution is -2.70. The Morgan fingerprint density at radius 1 is 0.804 bits per heavy atom. The third-order valence-corrected chi connectivity index (χ3v) is 15.6. The lowest BCUT2D eigenvalue weighted by atomic mass is 9.43. The van der Waals surface area contributed by atoms with Gasteiger partial charge in [-0.1, -0.05) is 19.9 Å². The van der Waals surface area contributed by atoms with Crippen LogP contribution in [0, 0.1) is 28.6 Å². The number of methoxy groups -OCH3 is 2. The number of Topliss-reactive ketones (excluding diaryl/α,β-unsaturated/α-hetero) is 1. The first-order valence-corrected chi connectivity index (χ1v) is 20.7. The first kappa shape index (κ1) is 42.1. The zero-order chi connectivity index (χ0) is 40.7. The molecule has 56 heavy (non-hydrogen) atoms. The minimum Gasteiger partial charge on any atom is -0.458 e. The predicted octanol–water partition coefficient (Wildman–Crippen LogP) is 3.94. The van der Waals surface area contributed by atoms with Gasteiger partial charge in [-0.15, -0.1) is 0 Å². The van der Waals surface area contributed by atoms with Crippen molar-refractivity contribution in [3.63, 3.8) is 0 Å². The van der Waals surface area contributed by atoms with Crippen LogP contribution in [0.2, 0.25) is 0 Å². The first-order valence-electron chi connectivity index (χ1n) is 20.7. The van der Waals surface area contributed by atoms with E-state index in [1.807, 2.05) is 13.8 Å². The van der Waals surface area contributed by atoms with Crippen molar-refractivity contribution in [1.29, 1.82) is 0 Å². The van der Waals surface area contributed by atoms with Gasteiger partial charge in [-0.25, -0.2) is 4.79 Å². The van der Waals surface area contributed by atoms with E-state index in [1.54, 1.807) is 40.9 Å².